The Bertz CT molecular complexity index is 1090. The number of benzene rings is 2. The Labute approximate surface area is 160 Å². The maximum Gasteiger partial charge on any atom is 0.259 e. The van der Waals surface area contributed by atoms with Gasteiger partial charge in [0.15, 0.2) is 0 Å². The van der Waals surface area contributed by atoms with E-state index in [2.05, 4.69) is 20.7 Å². The molecule has 0 radical (unpaired) electrons. The Kier molecular flexibility index (Phi) is 4.72. The molecule has 2 aromatic carbocycles. The molecule has 2 N–H and O–H groups in total. The molecule has 0 fully saturated rings. The number of rotatable bonds is 5. The smallest absolute Gasteiger partial charge is 0.259 e. The van der Waals surface area contributed by atoms with E-state index in [0.717, 1.165) is 11.3 Å². The lowest BCUT2D eigenvalue weighted by Crippen LogP contribution is -2.11. The lowest BCUT2D eigenvalue weighted by atomic mass is 10.2. The highest BCUT2D eigenvalue weighted by Crippen LogP contribution is 2.17. The first-order valence-electron chi connectivity index (χ1n) is 8.37. The first kappa shape index (κ1) is 17.1. The van der Waals surface area contributed by atoms with E-state index in [-0.39, 0.29) is 5.91 Å². The predicted molar refractivity (Wildman–Crippen MR) is 106 cm³/mol. The van der Waals surface area contributed by atoms with E-state index in [4.69, 9.17) is 11.6 Å². The summed E-state index contributed by atoms with van der Waals surface area (Å²) in [6.45, 7) is 0.573. The van der Waals surface area contributed by atoms with Crippen LogP contribution in [0.15, 0.2) is 73.2 Å². The number of nitrogens with zero attached hydrogens (tertiary/aromatic N) is 3. The zero-order chi connectivity index (χ0) is 18.6. The number of carbonyl (C=O) groups is 1. The van der Waals surface area contributed by atoms with Crippen LogP contribution >= 0.6 is 11.6 Å². The molecule has 0 saturated carbocycles. The molecular weight excluding hydrogens is 362 g/mol. The van der Waals surface area contributed by atoms with Crippen LogP contribution in [0.4, 0.5) is 11.5 Å². The number of hydrogen-bond acceptors (Lipinski definition) is 4. The van der Waals surface area contributed by atoms with Gasteiger partial charge in [-0.05, 0) is 29.8 Å². The lowest BCUT2D eigenvalue weighted by molar-refractivity contribution is 0.102. The summed E-state index contributed by atoms with van der Waals surface area (Å²) in [7, 11) is 0. The Balaban J connectivity index is 1.54. The molecule has 0 aliphatic carbocycles. The van der Waals surface area contributed by atoms with Crippen LogP contribution in [0.3, 0.4) is 0 Å². The van der Waals surface area contributed by atoms with Gasteiger partial charge in [-0.2, -0.15) is 5.10 Å². The molecule has 2 aromatic heterocycles. The number of anilines is 2. The average Bonchev–Trinajstić information content (AvgIpc) is 3.10. The summed E-state index contributed by atoms with van der Waals surface area (Å²) < 4.78 is 1.57. The highest BCUT2D eigenvalue weighted by Gasteiger charge is 2.14. The summed E-state index contributed by atoms with van der Waals surface area (Å²) in [6, 6.07) is 18.7. The molecule has 2 heterocycles. The highest BCUT2D eigenvalue weighted by atomic mass is 35.5. The number of nitrogens with one attached hydrogen (secondary N) is 2. The molecule has 4 aromatic rings. The summed E-state index contributed by atoms with van der Waals surface area (Å²) in [6.07, 6.45) is 3.12. The molecule has 0 unspecified atom stereocenters. The molecule has 27 heavy (non-hydrogen) atoms. The highest BCUT2D eigenvalue weighted by molar-refractivity contribution is 6.30. The molecule has 6 nitrogen and oxygen atoms in total. The minimum Gasteiger partial charge on any atom is -0.366 e. The van der Waals surface area contributed by atoms with Gasteiger partial charge in [0, 0.05) is 23.3 Å². The molecule has 0 atom stereocenters. The second-order valence-corrected chi connectivity index (χ2v) is 6.40. The zero-order valence-corrected chi connectivity index (χ0v) is 15.0. The molecule has 7 heteroatoms. The lowest BCUT2D eigenvalue weighted by Gasteiger charge is -2.07. The molecule has 0 aliphatic heterocycles. The van der Waals surface area contributed by atoms with Crippen molar-refractivity contribution in [3.8, 4) is 0 Å². The maximum absolute atomic E-state index is 12.6. The zero-order valence-electron chi connectivity index (χ0n) is 14.3. The van der Waals surface area contributed by atoms with Crippen LogP contribution in [0.25, 0.3) is 5.52 Å². The summed E-state index contributed by atoms with van der Waals surface area (Å²) >= 11 is 6.01. The number of aromatic nitrogens is 3. The minimum absolute atomic E-state index is 0.219. The first-order valence-corrected chi connectivity index (χ1v) is 8.75. The third-order valence-electron chi connectivity index (χ3n) is 4.05. The quantitative estimate of drug-likeness (QED) is 0.545. The number of carbonyl (C=O) groups excluding carboxylic acids is 1. The largest absolute Gasteiger partial charge is 0.366 e. The molecule has 0 bridgehead atoms. The number of amides is 1. The Hall–Kier alpha value is -3.38. The van der Waals surface area contributed by atoms with Crippen LogP contribution in [0.2, 0.25) is 5.02 Å². The second-order valence-electron chi connectivity index (χ2n) is 5.97. The Morgan fingerprint density at radius 3 is 2.74 bits per heavy atom. The van der Waals surface area contributed by atoms with E-state index in [1.807, 2.05) is 54.6 Å². The van der Waals surface area contributed by atoms with Crippen LogP contribution in [-0.2, 0) is 6.54 Å². The van der Waals surface area contributed by atoms with Crippen molar-refractivity contribution in [3.05, 3.63) is 89.3 Å². The minimum atomic E-state index is -0.219. The summed E-state index contributed by atoms with van der Waals surface area (Å²) in [5.74, 6) is 0.430. The van der Waals surface area contributed by atoms with Gasteiger partial charge in [-0.3, -0.25) is 4.79 Å². The van der Waals surface area contributed by atoms with Crippen molar-refractivity contribution < 1.29 is 4.79 Å². The first-order chi connectivity index (χ1) is 13.2. The topological polar surface area (TPSA) is 71.3 Å². The van der Waals surface area contributed by atoms with E-state index < -0.39 is 0 Å². The standard InChI is InChI=1S/C20H16ClN5O/c21-15-6-4-5-14(9-15)11-22-19-10-18-17(12-24-26(18)13-23-19)20(27)25-16-7-2-1-3-8-16/h1-10,12-13,22H,11H2,(H,25,27). The molecule has 134 valence electrons. The molecule has 4 rings (SSSR count). The number of hydrogen-bond donors (Lipinski definition) is 2. The van der Waals surface area contributed by atoms with E-state index in [0.29, 0.717) is 28.5 Å². The Morgan fingerprint density at radius 2 is 1.93 bits per heavy atom. The summed E-state index contributed by atoms with van der Waals surface area (Å²) in [4.78, 5) is 16.9. The van der Waals surface area contributed by atoms with Crippen molar-refractivity contribution in [1.82, 2.24) is 14.6 Å². The maximum atomic E-state index is 12.6. The van der Waals surface area contributed by atoms with Gasteiger partial charge < -0.3 is 10.6 Å². The van der Waals surface area contributed by atoms with E-state index in [1.54, 1.807) is 16.9 Å². The van der Waals surface area contributed by atoms with Crippen molar-refractivity contribution >= 4 is 34.5 Å². The van der Waals surface area contributed by atoms with Gasteiger partial charge in [-0.25, -0.2) is 9.50 Å². The van der Waals surface area contributed by atoms with E-state index in [9.17, 15) is 4.79 Å². The molecule has 0 saturated heterocycles. The van der Waals surface area contributed by atoms with Crippen LogP contribution in [0, 0.1) is 0 Å². The summed E-state index contributed by atoms with van der Waals surface area (Å²) in [5.41, 5.74) is 2.93. The van der Waals surface area contributed by atoms with Gasteiger partial charge in [-0.1, -0.05) is 41.9 Å². The second kappa shape index (κ2) is 7.47. The fourth-order valence-electron chi connectivity index (χ4n) is 2.72. The van der Waals surface area contributed by atoms with Crippen molar-refractivity contribution in [3.63, 3.8) is 0 Å². The van der Waals surface area contributed by atoms with Crippen molar-refractivity contribution in [2.75, 3.05) is 10.6 Å². The van der Waals surface area contributed by atoms with Crippen molar-refractivity contribution in [1.29, 1.82) is 0 Å². The number of halogens is 1. The third kappa shape index (κ3) is 3.91. The van der Waals surface area contributed by atoms with Gasteiger partial charge in [0.25, 0.3) is 5.91 Å². The number of para-hydroxylation sites is 1. The van der Waals surface area contributed by atoms with Gasteiger partial charge in [-0.15, -0.1) is 0 Å². The SMILES string of the molecule is O=C(Nc1ccccc1)c1cnn2cnc(NCc3cccc(Cl)c3)cc12. The van der Waals surface area contributed by atoms with Gasteiger partial charge in [0.1, 0.15) is 12.1 Å². The van der Waals surface area contributed by atoms with Crippen LogP contribution in [-0.4, -0.2) is 20.5 Å². The van der Waals surface area contributed by atoms with Gasteiger partial charge in [0.2, 0.25) is 0 Å². The van der Waals surface area contributed by atoms with Crippen molar-refractivity contribution in [2.45, 2.75) is 6.54 Å². The normalized spacial score (nSPS) is 10.7. The molecule has 0 aliphatic rings. The molecular formula is C20H16ClN5O. The van der Waals surface area contributed by atoms with Crippen LogP contribution < -0.4 is 10.6 Å². The van der Waals surface area contributed by atoms with Crippen LogP contribution in [0.1, 0.15) is 15.9 Å². The summed E-state index contributed by atoms with van der Waals surface area (Å²) in [5, 5.41) is 11.0. The fraction of sp³-hybridized carbons (Fsp3) is 0.0500. The molecule has 0 spiro atoms. The van der Waals surface area contributed by atoms with Crippen LogP contribution in [0.5, 0.6) is 0 Å². The van der Waals surface area contributed by atoms with Crippen molar-refractivity contribution in [2.24, 2.45) is 0 Å². The molecule has 1 amide bonds. The number of fused-ring (bicyclic) bond motifs is 1. The van der Waals surface area contributed by atoms with Gasteiger partial charge in [0.05, 0.1) is 17.3 Å². The fourth-order valence-corrected chi connectivity index (χ4v) is 2.94. The van der Waals surface area contributed by atoms with E-state index >= 15 is 0 Å². The monoisotopic (exact) mass is 377 g/mol. The van der Waals surface area contributed by atoms with E-state index in [1.165, 1.54) is 6.20 Å². The average molecular weight is 378 g/mol. The third-order valence-corrected chi connectivity index (χ3v) is 4.29. The predicted octanol–water partition coefficient (Wildman–Crippen LogP) is 4.25. The van der Waals surface area contributed by atoms with Gasteiger partial charge >= 0.3 is 0 Å². The Morgan fingerprint density at radius 1 is 1.07 bits per heavy atom.